The Kier molecular flexibility index (Phi) is 11.0. The highest BCUT2D eigenvalue weighted by molar-refractivity contribution is 5.93. The van der Waals surface area contributed by atoms with Gasteiger partial charge in [0.2, 0.25) is 5.91 Å². The Morgan fingerprint density at radius 1 is 0.878 bits per heavy atom. The summed E-state index contributed by atoms with van der Waals surface area (Å²) in [6.07, 6.45) is 9.81. The van der Waals surface area contributed by atoms with Gasteiger partial charge in [-0.1, -0.05) is 80.4 Å². The minimum absolute atomic E-state index is 0.0492. The number of carbonyl (C=O) groups is 1. The van der Waals surface area contributed by atoms with E-state index in [1.807, 2.05) is 11.8 Å². The average Bonchev–Trinajstić information content (AvgIpc) is 3.12. The van der Waals surface area contributed by atoms with Crippen LogP contribution in [0.25, 0.3) is 0 Å². The summed E-state index contributed by atoms with van der Waals surface area (Å²) in [5, 5.41) is 4.08. The normalized spacial score (nSPS) is 17.6. The van der Waals surface area contributed by atoms with Gasteiger partial charge in [-0.15, -0.1) is 0 Å². The number of carbonyl (C=O) groups excluding carboxylic acids is 1. The van der Waals surface area contributed by atoms with Gasteiger partial charge in [-0.3, -0.25) is 4.79 Å². The molecule has 6 rings (SSSR count). The molecule has 258 valence electrons. The number of ether oxygens (including phenoxy) is 2. The van der Waals surface area contributed by atoms with E-state index in [2.05, 4.69) is 78.1 Å². The van der Waals surface area contributed by atoms with Crippen molar-refractivity contribution in [3.05, 3.63) is 125 Å². The first kappa shape index (κ1) is 34.7. The first-order valence-electron chi connectivity index (χ1n) is 18.1. The molecule has 1 saturated carbocycles. The third-order valence-corrected chi connectivity index (χ3v) is 11.3. The number of benzene rings is 4. The molecular weight excluding hydrogens is 611 g/mol. The number of hydrogen-bond donors (Lipinski definition) is 1. The quantitative estimate of drug-likeness (QED) is 0.138. The van der Waals surface area contributed by atoms with Gasteiger partial charge in [0.25, 0.3) is 0 Å². The van der Waals surface area contributed by atoms with Crippen LogP contribution in [-0.4, -0.2) is 33.2 Å². The van der Waals surface area contributed by atoms with Crippen molar-refractivity contribution in [3.63, 3.8) is 0 Å². The topological polar surface area (TPSA) is 50.8 Å². The molecule has 6 heteroatoms. The van der Waals surface area contributed by atoms with Crippen molar-refractivity contribution < 1.29 is 18.7 Å². The molecule has 0 aromatic heterocycles. The van der Waals surface area contributed by atoms with Crippen LogP contribution in [0.1, 0.15) is 87.0 Å². The average molecular weight is 663 g/mol. The highest BCUT2D eigenvalue weighted by Gasteiger charge is 2.46. The zero-order valence-electron chi connectivity index (χ0n) is 29.4. The van der Waals surface area contributed by atoms with E-state index in [-0.39, 0.29) is 22.7 Å². The lowest BCUT2D eigenvalue weighted by Crippen LogP contribution is -2.54. The van der Waals surface area contributed by atoms with Gasteiger partial charge in [0.05, 0.1) is 14.2 Å². The number of nitrogens with one attached hydrogen (secondary N) is 1. The van der Waals surface area contributed by atoms with Crippen molar-refractivity contribution >= 4 is 11.6 Å². The number of halogens is 1. The smallest absolute Gasteiger partial charge is 0.226 e. The molecule has 1 atom stereocenters. The van der Waals surface area contributed by atoms with Crippen LogP contribution in [0.3, 0.4) is 0 Å². The predicted molar refractivity (Wildman–Crippen MR) is 196 cm³/mol. The lowest BCUT2D eigenvalue weighted by atomic mass is 9.61. The monoisotopic (exact) mass is 662 g/mol. The molecular formula is C43H51FN2O3. The van der Waals surface area contributed by atoms with Gasteiger partial charge in [0.15, 0.2) is 11.5 Å². The summed E-state index contributed by atoms with van der Waals surface area (Å²) in [6, 6.07) is 32.6. The Morgan fingerprint density at radius 3 is 2.06 bits per heavy atom. The largest absolute Gasteiger partial charge is 0.493 e. The number of nitrogens with zero attached hydrogens (tertiary/aromatic N) is 1. The minimum Gasteiger partial charge on any atom is -0.493 e. The molecule has 0 bridgehead atoms. The molecule has 49 heavy (non-hydrogen) atoms. The van der Waals surface area contributed by atoms with Crippen LogP contribution in [0.4, 0.5) is 10.1 Å². The molecule has 1 unspecified atom stereocenters. The van der Waals surface area contributed by atoms with E-state index in [0.717, 1.165) is 62.3 Å². The molecule has 0 saturated heterocycles. The predicted octanol–water partition coefficient (Wildman–Crippen LogP) is 9.36. The molecule has 1 heterocycles. The molecule has 1 fully saturated rings. The summed E-state index contributed by atoms with van der Waals surface area (Å²) in [4.78, 5) is 15.0. The highest BCUT2D eigenvalue weighted by atomic mass is 19.1. The lowest BCUT2D eigenvalue weighted by Gasteiger charge is -2.50. The van der Waals surface area contributed by atoms with Crippen molar-refractivity contribution in [2.75, 3.05) is 32.2 Å². The summed E-state index contributed by atoms with van der Waals surface area (Å²) in [5.74, 6) is 1.93. The molecule has 0 spiro atoms. The van der Waals surface area contributed by atoms with E-state index in [1.54, 1.807) is 26.4 Å². The second kappa shape index (κ2) is 15.6. The maximum atomic E-state index is 13.8. The maximum Gasteiger partial charge on any atom is 0.226 e. The Bertz CT molecular complexity index is 1630. The summed E-state index contributed by atoms with van der Waals surface area (Å²) < 4.78 is 25.4. The van der Waals surface area contributed by atoms with Gasteiger partial charge in [-0.05, 0) is 110 Å². The van der Waals surface area contributed by atoms with E-state index < -0.39 is 0 Å². The van der Waals surface area contributed by atoms with E-state index in [4.69, 9.17) is 9.47 Å². The first-order valence-corrected chi connectivity index (χ1v) is 18.1. The molecule has 1 amide bonds. The number of rotatable bonds is 15. The van der Waals surface area contributed by atoms with Crippen molar-refractivity contribution in [1.29, 1.82) is 0 Å². The fourth-order valence-electron chi connectivity index (χ4n) is 8.55. The molecule has 5 nitrogen and oxygen atoms in total. The van der Waals surface area contributed by atoms with Gasteiger partial charge in [0, 0.05) is 36.2 Å². The van der Waals surface area contributed by atoms with Crippen LogP contribution in [0, 0.1) is 11.7 Å². The fourth-order valence-corrected chi connectivity index (χ4v) is 8.55. The highest BCUT2D eigenvalue weighted by Crippen LogP contribution is 2.51. The molecule has 4 aromatic rings. The Balaban J connectivity index is 1.33. The van der Waals surface area contributed by atoms with Crippen molar-refractivity contribution in [2.24, 2.45) is 5.92 Å². The Morgan fingerprint density at radius 2 is 1.49 bits per heavy atom. The third-order valence-electron chi connectivity index (χ3n) is 11.3. The van der Waals surface area contributed by atoms with Crippen LogP contribution in [0.5, 0.6) is 11.5 Å². The minimum atomic E-state index is -0.299. The van der Waals surface area contributed by atoms with Gasteiger partial charge in [-0.2, -0.15) is 0 Å². The summed E-state index contributed by atoms with van der Waals surface area (Å²) in [5.41, 5.74) is 5.73. The van der Waals surface area contributed by atoms with E-state index in [9.17, 15) is 9.18 Å². The second-order valence-electron chi connectivity index (χ2n) is 13.8. The lowest BCUT2D eigenvalue weighted by molar-refractivity contribution is -0.118. The Labute approximate surface area is 291 Å². The van der Waals surface area contributed by atoms with Crippen LogP contribution in [0.2, 0.25) is 0 Å². The number of methoxy groups -OCH3 is 2. The van der Waals surface area contributed by atoms with Gasteiger partial charge < -0.3 is 19.7 Å². The zero-order valence-corrected chi connectivity index (χ0v) is 29.4. The number of hydrogen-bond acceptors (Lipinski definition) is 4. The van der Waals surface area contributed by atoms with Gasteiger partial charge >= 0.3 is 0 Å². The molecule has 0 radical (unpaired) electrons. The standard InChI is InChI=1S/C43H51FN2O3/c1-4-41(47)46(37-22-20-36(44)21-23-37)29-13-26-42(33-14-7-5-8-15-33,34-16-9-6-10-17-34)25-12-27-43(35-18-11-19-35)38-31-40(49-3)39(48-2)30-32(38)24-28-45-43/h5-10,14-17,20-23,30-31,35,45H,4,11-13,18-19,24-29H2,1-3H3. The molecule has 1 aliphatic heterocycles. The zero-order chi connectivity index (χ0) is 34.3. The Hall–Kier alpha value is -4.16. The molecule has 4 aromatic carbocycles. The van der Waals surface area contributed by atoms with Gasteiger partial charge in [0.1, 0.15) is 5.82 Å². The fraction of sp³-hybridized carbons (Fsp3) is 0.419. The van der Waals surface area contributed by atoms with E-state index >= 15 is 0 Å². The van der Waals surface area contributed by atoms with Crippen molar-refractivity contribution in [2.45, 2.75) is 82.1 Å². The first-order chi connectivity index (χ1) is 23.9. The van der Waals surface area contributed by atoms with Crippen molar-refractivity contribution in [1.82, 2.24) is 5.32 Å². The summed E-state index contributed by atoms with van der Waals surface area (Å²) in [6.45, 7) is 3.41. The second-order valence-corrected chi connectivity index (χ2v) is 13.8. The number of amides is 1. The van der Waals surface area contributed by atoms with Crippen LogP contribution in [-0.2, 0) is 22.2 Å². The van der Waals surface area contributed by atoms with Crippen molar-refractivity contribution in [3.8, 4) is 11.5 Å². The summed E-state index contributed by atoms with van der Waals surface area (Å²) >= 11 is 0. The maximum absolute atomic E-state index is 13.8. The third kappa shape index (κ3) is 7.12. The molecule has 2 aliphatic rings. The number of fused-ring (bicyclic) bond motifs is 1. The number of anilines is 1. The van der Waals surface area contributed by atoms with Crippen LogP contribution >= 0.6 is 0 Å². The van der Waals surface area contributed by atoms with E-state index in [1.165, 1.54) is 53.6 Å². The van der Waals surface area contributed by atoms with Crippen LogP contribution in [0.15, 0.2) is 97.1 Å². The van der Waals surface area contributed by atoms with Crippen LogP contribution < -0.4 is 19.7 Å². The van der Waals surface area contributed by atoms with Gasteiger partial charge in [-0.25, -0.2) is 4.39 Å². The molecule has 1 N–H and O–H groups in total. The molecule has 1 aliphatic carbocycles. The van der Waals surface area contributed by atoms with E-state index in [0.29, 0.717) is 18.9 Å². The summed E-state index contributed by atoms with van der Waals surface area (Å²) in [7, 11) is 3.44. The SMILES string of the molecule is CCC(=O)N(CCCC(CCCC1(C2CCC2)NCCc2cc(OC)c(OC)cc21)(c1ccccc1)c1ccccc1)c1ccc(F)cc1.